The highest BCUT2D eigenvalue weighted by Gasteiger charge is 2.30. The van der Waals surface area contributed by atoms with E-state index in [1.165, 1.54) is 0 Å². The summed E-state index contributed by atoms with van der Waals surface area (Å²) in [4.78, 5) is 23.6. The van der Waals surface area contributed by atoms with Crippen molar-refractivity contribution in [1.29, 1.82) is 0 Å². The van der Waals surface area contributed by atoms with Gasteiger partial charge in [-0.3, -0.25) is 9.78 Å². The highest BCUT2D eigenvalue weighted by atomic mass is 16.5. The molecule has 1 aliphatic rings. The van der Waals surface area contributed by atoms with E-state index in [4.69, 9.17) is 4.74 Å². The average molecular weight is 340 g/mol. The van der Waals surface area contributed by atoms with E-state index in [9.17, 15) is 4.79 Å². The lowest BCUT2D eigenvalue weighted by atomic mass is 10.0. The first-order valence-corrected chi connectivity index (χ1v) is 8.65. The van der Waals surface area contributed by atoms with Crippen LogP contribution in [0.2, 0.25) is 0 Å². The molecule has 0 radical (unpaired) electrons. The molecule has 1 fully saturated rings. The van der Waals surface area contributed by atoms with Crippen LogP contribution < -0.4 is 10.1 Å². The molecule has 1 amide bonds. The molecule has 3 rings (SSSR count). The van der Waals surface area contributed by atoms with Crippen molar-refractivity contribution >= 4 is 11.6 Å². The molecule has 1 saturated heterocycles. The van der Waals surface area contributed by atoms with Crippen molar-refractivity contribution in [2.24, 2.45) is 0 Å². The van der Waals surface area contributed by atoms with E-state index < -0.39 is 0 Å². The number of nitrogens with one attached hydrogen (secondary N) is 1. The summed E-state index contributed by atoms with van der Waals surface area (Å²) in [5.74, 6) is 0.633. The molecule has 0 aliphatic carbocycles. The van der Waals surface area contributed by atoms with E-state index in [-0.39, 0.29) is 11.8 Å². The third kappa shape index (κ3) is 3.73. The topological polar surface area (TPSA) is 67.3 Å². The highest BCUT2D eigenvalue weighted by Crippen LogP contribution is 2.29. The van der Waals surface area contributed by atoms with Crippen molar-refractivity contribution in [3.8, 4) is 5.88 Å². The van der Waals surface area contributed by atoms with Gasteiger partial charge in [0.05, 0.1) is 6.61 Å². The largest absolute Gasteiger partial charge is 0.477 e. The first-order chi connectivity index (χ1) is 12.1. The third-order valence-electron chi connectivity index (χ3n) is 4.44. The molecule has 3 heterocycles. The van der Waals surface area contributed by atoms with Gasteiger partial charge in [-0.1, -0.05) is 0 Å². The van der Waals surface area contributed by atoms with Crippen molar-refractivity contribution in [2.75, 3.05) is 32.1 Å². The van der Waals surface area contributed by atoms with Crippen LogP contribution in [0.25, 0.3) is 0 Å². The molecule has 25 heavy (non-hydrogen) atoms. The maximum atomic E-state index is 12.9. The molecule has 6 heteroatoms. The average Bonchev–Trinajstić information content (AvgIpc) is 3.11. The Bertz CT molecular complexity index is 763. The predicted molar refractivity (Wildman–Crippen MR) is 97.2 cm³/mol. The lowest BCUT2D eigenvalue weighted by Gasteiger charge is -2.18. The number of likely N-dealkylation sites (tertiary alicyclic amines) is 1. The Morgan fingerprint density at radius 2 is 2.28 bits per heavy atom. The number of anilines is 1. The first kappa shape index (κ1) is 17.2. The standard InChI is InChI=1S/C19H24N4O2/c1-4-25-18-16(6-5-8-21-18)19(24)23-9-7-14(12-23)17-11-15(20-3)10-13(2)22-17/h5-6,8,10-11,14H,4,7,9,12H2,1-3H3,(H,20,22). The minimum Gasteiger partial charge on any atom is -0.477 e. The maximum Gasteiger partial charge on any atom is 0.259 e. The van der Waals surface area contributed by atoms with Crippen LogP contribution in [0.4, 0.5) is 5.69 Å². The summed E-state index contributed by atoms with van der Waals surface area (Å²) in [5, 5.41) is 3.17. The van der Waals surface area contributed by atoms with Crippen molar-refractivity contribution in [1.82, 2.24) is 14.9 Å². The van der Waals surface area contributed by atoms with Crippen LogP contribution >= 0.6 is 0 Å². The van der Waals surface area contributed by atoms with Gasteiger partial charge in [-0.15, -0.1) is 0 Å². The molecule has 132 valence electrons. The normalized spacial score (nSPS) is 16.8. The minimum atomic E-state index is -0.0273. The van der Waals surface area contributed by atoms with Gasteiger partial charge in [0, 0.05) is 49.3 Å². The SMILES string of the molecule is CCOc1ncccc1C(=O)N1CCC(c2cc(NC)cc(C)n2)C1. The molecule has 1 N–H and O–H groups in total. The van der Waals surface area contributed by atoms with E-state index in [0.29, 0.717) is 31.1 Å². The third-order valence-corrected chi connectivity index (χ3v) is 4.44. The van der Waals surface area contributed by atoms with Gasteiger partial charge in [0.15, 0.2) is 0 Å². The molecule has 0 aromatic carbocycles. The number of carbonyl (C=O) groups excluding carboxylic acids is 1. The van der Waals surface area contributed by atoms with Gasteiger partial charge in [0.2, 0.25) is 5.88 Å². The lowest BCUT2D eigenvalue weighted by Crippen LogP contribution is -2.29. The van der Waals surface area contributed by atoms with Crippen molar-refractivity contribution in [3.05, 3.63) is 47.4 Å². The van der Waals surface area contributed by atoms with Gasteiger partial charge < -0.3 is 15.0 Å². The zero-order valence-electron chi connectivity index (χ0n) is 15.0. The van der Waals surface area contributed by atoms with E-state index >= 15 is 0 Å². The number of hydrogen-bond acceptors (Lipinski definition) is 5. The molecule has 6 nitrogen and oxygen atoms in total. The number of rotatable bonds is 5. The molecule has 0 bridgehead atoms. The second-order valence-electron chi connectivity index (χ2n) is 6.20. The first-order valence-electron chi connectivity index (χ1n) is 8.65. The van der Waals surface area contributed by atoms with Crippen LogP contribution in [0.15, 0.2) is 30.5 Å². The zero-order valence-corrected chi connectivity index (χ0v) is 15.0. The smallest absolute Gasteiger partial charge is 0.259 e. The maximum absolute atomic E-state index is 12.9. The van der Waals surface area contributed by atoms with Crippen molar-refractivity contribution < 1.29 is 9.53 Å². The van der Waals surface area contributed by atoms with E-state index in [1.807, 2.05) is 31.9 Å². The van der Waals surface area contributed by atoms with Crippen molar-refractivity contribution in [3.63, 3.8) is 0 Å². The summed E-state index contributed by atoms with van der Waals surface area (Å²) in [6.07, 6.45) is 2.56. The summed E-state index contributed by atoms with van der Waals surface area (Å²) >= 11 is 0. The molecule has 1 aliphatic heterocycles. The van der Waals surface area contributed by atoms with E-state index in [2.05, 4.69) is 21.4 Å². The number of amides is 1. The van der Waals surface area contributed by atoms with Crippen LogP contribution in [-0.4, -0.2) is 47.5 Å². The van der Waals surface area contributed by atoms with Gasteiger partial charge in [-0.2, -0.15) is 0 Å². The van der Waals surface area contributed by atoms with Crippen LogP contribution in [0, 0.1) is 6.92 Å². The summed E-state index contributed by atoms with van der Waals surface area (Å²) in [7, 11) is 1.90. The van der Waals surface area contributed by atoms with Gasteiger partial charge in [-0.05, 0) is 44.5 Å². The Morgan fingerprint density at radius 3 is 3.04 bits per heavy atom. The number of carbonyl (C=O) groups is 1. The Kier molecular flexibility index (Phi) is 5.16. The van der Waals surface area contributed by atoms with Crippen LogP contribution in [0.1, 0.15) is 41.0 Å². The minimum absolute atomic E-state index is 0.0273. The van der Waals surface area contributed by atoms with E-state index in [0.717, 1.165) is 23.5 Å². The van der Waals surface area contributed by atoms with Crippen LogP contribution in [0.5, 0.6) is 5.88 Å². The highest BCUT2D eigenvalue weighted by molar-refractivity contribution is 5.96. The molecule has 1 atom stereocenters. The monoisotopic (exact) mass is 340 g/mol. The number of hydrogen-bond donors (Lipinski definition) is 1. The fourth-order valence-corrected chi connectivity index (χ4v) is 3.21. The van der Waals surface area contributed by atoms with Gasteiger partial charge >= 0.3 is 0 Å². The Hall–Kier alpha value is -2.63. The van der Waals surface area contributed by atoms with Gasteiger partial charge in [0.1, 0.15) is 5.56 Å². The number of ether oxygens (including phenoxy) is 1. The predicted octanol–water partition coefficient (Wildman–Crippen LogP) is 2.86. The fraction of sp³-hybridized carbons (Fsp3) is 0.421. The summed E-state index contributed by atoms with van der Waals surface area (Å²) < 4.78 is 5.50. The van der Waals surface area contributed by atoms with Crippen LogP contribution in [-0.2, 0) is 0 Å². The van der Waals surface area contributed by atoms with E-state index in [1.54, 1.807) is 18.3 Å². The summed E-state index contributed by atoms with van der Waals surface area (Å²) in [6, 6.07) is 7.63. The molecule has 2 aromatic heterocycles. The molecule has 2 aromatic rings. The quantitative estimate of drug-likeness (QED) is 0.906. The number of aromatic nitrogens is 2. The summed E-state index contributed by atoms with van der Waals surface area (Å²) in [5.41, 5.74) is 3.60. The second kappa shape index (κ2) is 7.51. The number of aryl methyl sites for hydroxylation is 1. The number of pyridine rings is 2. The summed E-state index contributed by atoms with van der Waals surface area (Å²) in [6.45, 7) is 5.75. The molecular weight excluding hydrogens is 316 g/mol. The Morgan fingerprint density at radius 1 is 1.44 bits per heavy atom. The molecule has 1 unspecified atom stereocenters. The van der Waals surface area contributed by atoms with Crippen molar-refractivity contribution in [2.45, 2.75) is 26.2 Å². The van der Waals surface area contributed by atoms with Crippen LogP contribution in [0.3, 0.4) is 0 Å². The molecule has 0 spiro atoms. The number of nitrogens with zero attached hydrogens (tertiary/aromatic N) is 3. The Labute approximate surface area is 148 Å². The van der Waals surface area contributed by atoms with Gasteiger partial charge in [0.25, 0.3) is 5.91 Å². The molecule has 0 saturated carbocycles. The lowest BCUT2D eigenvalue weighted by molar-refractivity contribution is 0.0785. The zero-order chi connectivity index (χ0) is 17.8. The second-order valence-corrected chi connectivity index (χ2v) is 6.20. The fourth-order valence-electron chi connectivity index (χ4n) is 3.21. The van der Waals surface area contributed by atoms with Gasteiger partial charge in [-0.25, -0.2) is 4.98 Å². The molecular formula is C19H24N4O2. The Balaban J connectivity index is 1.77.